The van der Waals surface area contributed by atoms with Crippen molar-refractivity contribution in [3.8, 4) is 5.75 Å². The molecule has 134 valence electrons. The summed E-state index contributed by atoms with van der Waals surface area (Å²) >= 11 is 0. The third-order valence-electron chi connectivity index (χ3n) is 3.77. The van der Waals surface area contributed by atoms with E-state index in [-0.39, 0.29) is 17.9 Å². The first-order valence-corrected chi connectivity index (χ1v) is 8.70. The quantitative estimate of drug-likeness (QED) is 0.744. The molecule has 0 radical (unpaired) electrons. The van der Waals surface area contributed by atoms with Crippen molar-refractivity contribution in [2.75, 3.05) is 10.6 Å². The maximum absolute atomic E-state index is 12.1. The molecule has 0 unspecified atom stereocenters. The molecule has 1 aromatic heterocycles. The van der Waals surface area contributed by atoms with Crippen LogP contribution in [-0.4, -0.2) is 22.2 Å². The zero-order valence-electron chi connectivity index (χ0n) is 15.2. The maximum Gasteiger partial charge on any atom is 0.228 e. The Bertz CT molecular complexity index is 665. The predicted octanol–water partition coefficient (Wildman–Crippen LogP) is 4.38. The summed E-state index contributed by atoms with van der Waals surface area (Å²) in [6.45, 7) is 7.99. The van der Waals surface area contributed by atoms with Crippen LogP contribution in [0.3, 0.4) is 0 Å². The summed E-state index contributed by atoms with van der Waals surface area (Å²) in [5, 5.41) is 14.1. The molecule has 0 atom stereocenters. The minimum Gasteiger partial charge on any atom is -0.491 e. The fourth-order valence-electron chi connectivity index (χ4n) is 2.39. The third kappa shape index (κ3) is 5.74. The minimum atomic E-state index is -0.0132. The Balaban J connectivity index is 1.95. The predicted molar refractivity (Wildman–Crippen MR) is 100 cm³/mol. The Labute approximate surface area is 149 Å². The van der Waals surface area contributed by atoms with E-state index in [4.69, 9.17) is 4.74 Å². The van der Waals surface area contributed by atoms with E-state index in [1.54, 1.807) is 12.1 Å². The molecule has 2 rings (SSSR count). The number of rotatable bonds is 8. The van der Waals surface area contributed by atoms with E-state index in [0.717, 1.165) is 24.3 Å². The van der Waals surface area contributed by atoms with Gasteiger partial charge in [0, 0.05) is 11.6 Å². The van der Waals surface area contributed by atoms with Crippen molar-refractivity contribution in [1.29, 1.82) is 0 Å². The van der Waals surface area contributed by atoms with Gasteiger partial charge in [-0.1, -0.05) is 13.8 Å². The van der Waals surface area contributed by atoms with E-state index in [2.05, 4.69) is 20.8 Å². The normalized spacial score (nSPS) is 10.8. The number of anilines is 3. The van der Waals surface area contributed by atoms with Crippen LogP contribution in [0.25, 0.3) is 0 Å². The molecule has 6 heteroatoms. The van der Waals surface area contributed by atoms with Crippen molar-refractivity contribution in [2.24, 2.45) is 5.92 Å². The SMILES string of the molecule is CCC(CC)C(=O)Nc1ccc(Nc2ccc(OC(C)C)cc2)nn1. The molecular formula is C19H26N4O2. The first-order valence-electron chi connectivity index (χ1n) is 8.70. The summed E-state index contributed by atoms with van der Waals surface area (Å²) in [5.41, 5.74) is 0.888. The summed E-state index contributed by atoms with van der Waals surface area (Å²) in [7, 11) is 0. The number of amides is 1. The Kier molecular flexibility index (Phi) is 6.74. The van der Waals surface area contributed by atoms with Crippen LogP contribution in [0, 0.1) is 5.92 Å². The van der Waals surface area contributed by atoms with Gasteiger partial charge in [0.2, 0.25) is 5.91 Å². The highest BCUT2D eigenvalue weighted by molar-refractivity contribution is 5.91. The molecule has 2 N–H and O–H groups in total. The van der Waals surface area contributed by atoms with Gasteiger partial charge in [-0.3, -0.25) is 4.79 Å². The smallest absolute Gasteiger partial charge is 0.228 e. The molecular weight excluding hydrogens is 316 g/mol. The highest BCUT2D eigenvalue weighted by atomic mass is 16.5. The molecule has 0 aliphatic rings. The van der Waals surface area contributed by atoms with Gasteiger partial charge in [-0.15, -0.1) is 10.2 Å². The van der Waals surface area contributed by atoms with Crippen molar-refractivity contribution in [2.45, 2.75) is 46.6 Å². The number of carbonyl (C=O) groups excluding carboxylic acids is 1. The van der Waals surface area contributed by atoms with Gasteiger partial charge in [0.1, 0.15) is 5.75 Å². The van der Waals surface area contributed by atoms with Crippen LogP contribution in [0.5, 0.6) is 5.75 Å². The first kappa shape index (κ1) is 18.7. The lowest BCUT2D eigenvalue weighted by Gasteiger charge is -2.12. The Morgan fingerprint density at radius 3 is 2.12 bits per heavy atom. The van der Waals surface area contributed by atoms with Crippen LogP contribution < -0.4 is 15.4 Å². The molecule has 1 heterocycles. The van der Waals surface area contributed by atoms with Crippen molar-refractivity contribution < 1.29 is 9.53 Å². The second kappa shape index (κ2) is 9.01. The fraction of sp³-hybridized carbons (Fsp3) is 0.421. The summed E-state index contributed by atoms with van der Waals surface area (Å²) < 4.78 is 5.61. The second-order valence-electron chi connectivity index (χ2n) is 6.12. The number of carbonyl (C=O) groups is 1. The van der Waals surface area contributed by atoms with E-state index in [0.29, 0.717) is 11.6 Å². The monoisotopic (exact) mass is 342 g/mol. The topological polar surface area (TPSA) is 76.1 Å². The molecule has 0 spiro atoms. The van der Waals surface area contributed by atoms with E-state index >= 15 is 0 Å². The Hall–Kier alpha value is -2.63. The fourth-order valence-corrected chi connectivity index (χ4v) is 2.39. The number of hydrogen-bond acceptors (Lipinski definition) is 5. The number of hydrogen-bond donors (Lipinski definition) is 2. The lowest BCUT2D eigenvalue weighted by molar-refractivity contribution is -0.120. The molecule has 0 saturated carbocycles. The van der Waals surface area contributed by atoms with Crippen LogP contribution >= 0.6 is 0 Å². The van der Waals surface area contributed by atoms with Crippen molar-refractivity contribution >= 4 is 23.2 Å². The van der Waals surface area contributed by atoms with Crippen LogP contribution in [-0.2, 0) is 4.79 Å². The van der Waals surface area contributed by atoms with Crippen molar-refractivity contribution in [3.63, 3.8) is 0 Å². The third-order valence-corrected chi connectivity index (χ3v) is 3.77. The van der Waals surface area contributed by atoms with Crippen LogP contribution in [0.4, 0.5) is 17.3 Å². The number of nitrogens with zero attached hydrogens (tertiary/aromatic N) is 2. The molecule has 0 saturated heterocycles. The van der Waals surface area contributed by atoms with Crippen LogP contribution in [0.15, 0.2) is 36.4 Å². The van der Waals surface area contributed by atoms with Gasteiger partial charge >= 0.3 is 0 Å². The number of aromatic nitrogens is 2. The van der Waals surface area contributed by atoms with Gasteiger partial charge in [-0.25, -0.2) is 0 Å². The number of benzene rings is 1. The molecule has 1 amide bonds. The van der Waals surface area contributed by atoms with Gasteiger partial charge in [0.15, 0.2) is 11.6 Å². The summed E-state index contributed by atoms with van der Waals surface area (Å²) in [6, 6.07) is 11.2. The zero-order chi connectivity index (χ0) is 18.2. The van der Waals surface area contributed by atoms with E-state index in [1.807, 2.05) is 52.0 Å². The lowest BCUT2D eigenvalue weighted by Crippen LogP contribution is -2.22. The first-order chi connectivity index (χ1) is 12.0. The average Bonchev–Trinajstić information content (AvgIpc) is 2.59. The molecule has 1 aromatic carbocycles. The number of nitrogens with one attached hydrogen (secondary N) is 2. The summed E-state index contributed by atoms with van der Waals surface area (Å²) in [4.78, 5) is 12.1. The van der Waals surface area contributed by atoms with Crippen molar-refractivity contribution in [3.05, 3.63) is 36.4 Å². The molecule has 0 aliphatic carbocycles. The lowest BCUT2D eigenvalue weighted by atomic mass is 10.0. The number of ether oxygens (including phenoxy) is 1. The van der Waals surface area contributed by atoms with E-state index in [1.165, 1.54) is 0 Å². The Morgan fingerprint density at radius 1 is 1.00 bits per heavy atom. The molecule has 0 fully saturated rings. The van der Waals surface area contributed by atoms with E-state index in [9.17, 15) is 4.79 Å². The zero-order valence-corrected chi connectivity index (χ0v) is 15.2. The largest absolute Gasteiger partial charge is 0.491 e. The maximum atomic E-state index is 12.1. The van der Waals surface area contributed by atoms with E-state index < -0.39 is 0 Å². The molecule has 2 aromatic rings. The average molecular weight is 342 g/mol. The molecule has 25 heavy (non-hydrogen) atoms. The van der Waals surface area contributed by atoms with Crippen LogP contribution in [0.1, 0.15) is 40.5 Å². The molecule has 0 aliphatic heterocycles. The summed E-state index contributed by atoms with van der Waals surface area (Å²) in [5.74, 6) is 1.89. The van der Waals surface area contributed by atoms with Crippen LogP contribution in [0.2, 0.25) is 0 Å². The van der Waals surface area contributed by atoms with Gasteiger partial charge in [-0.2, -0.15) is 0 Å². The van der Waals surface area contributed by atoms with Crippen molar-refractivity contribution in [1.82, 2.24) is 10.2 Å². The minimum absolute atomic E-state index is 0.00572. The van der Waals surface area contributed by atoms with Gasteiger partial charge < -0.3 is 15.4 Å². The molecule has 0 bridgehead atoms. The summed E-state index contributed by atoms with van der Waals surface area (Å²) in [6.07, 6.45) is 1.77. The standard InChI is InChI=1S/C19H26N4O2/c1-5-14(6-2)19(24)21-18-12-11-17(22-23-18)20-15-7-9-16(10-8-15)25-13(3)4/h7-14H,5-6H2,1-4H3,(H,20,22)(H,21,23,24). The highest BCUT2D eigenvalue weighted by Crippen LogP contribution is 2.20. The highest BCUT2D eigenvalue weighted by Gasteiger charge is 2.14. The van der Waals surface area contributed by atoms with Gasteiger partial charge in [0.25, 0.3) is 0 Å². The van der Waals surface area contributed by atoms with Gasteiger partial charge in [0.05, 0.1) is 6.10 Å². The van der Waals surface area contributed by atoms with Gasteiger partial charge in [-0.05, 0) is 63.1 Å². The second-order valence-corrected chi connectivity index (χ2v) is 6.12. The molecule has 6 nitrogen and oxygen atoms in total. The Morgan fingerprint density at radius 2 is 1.60 bits per heavy atom.